The molecular formula is C22H30N4O3. The Labute approximate surface area is 172 Å². The van der Waals surface area contributed by atoms with E-state index in [9.17, 15) is 4.79 Å². The molecule has 1 unspecified atom stereocenters. The second-order valence-corrected chi connectivity index (χ2v) is 8.59. The number of carbonyl (C=O) groups excluding carboxylic acids is 1. The van der Waals surface area contributed by atoms with E-state index in [-0.39, 0.29) is 17.4 Å². The lowest BCUT2D eigenvalue weighted by atomic mass is 9.91. The number of piperazine rings is 1. The number of para-hydroxylation sites is 2. The zero-order valence-corrected chi connectivity index (χ0v) is 17.9. The number of aromatic nitrogens is 2. The molecule has 1 aromatic heterocycles. The molecule has 7 heteroatoms. The summed E-state index contributed by atoms with van der Waals surface area (Å²) in [7, 11) is 1.61. The molecule has 0 bridgehead atoms. The lowest BCUT2D eigenvalue weighted by Crippen LogP contribution is -2.54. The number of rotatable bonds is 5. The van der Waals surface area contributed by atoms with Crippen LogP contribution in [0.5, 0.6) is 17.4 Å². The molecule has 1 saturated heterocycles. The largest absolute Gasteiger partial charge is 0.493 e. The minimum absolute atomic E-state index is 0.00860. The minimum Gasteiger partial charge on any atom is -0.493 e. The lowest BCUT2D eigenvalue weighted by Gasteiger charge is -2.41. The van der Waals surface area contributed by atoms with Gasteiger partial charge in [-0.15, -0.1) is 0 Å². The van der Waals surface area contributed by atoms with E-state index in [2.05, 4.69) is 42.6 Å². The van der Waals surface area contributed by atoms with Crippen LogP contribution in [0.1, 0.15) is 34.1 Å². The molecule has 2 aromatic rings. The first-order chi connectivity index (χ1) is 13.8. The molecular weight excluding hydrogens is 368 g/mol. The summed E-state index contributed by atoms with van der Waals surface area (Å²) in [5.74, 6) is 2.71. The number of hydrogen-bond donors (Lipinski definition) is 0. The molecule has 1 fully saturated rings. The smallest absolute Gasteiger partial charge is 0.224 e. The molecule has 1 aromatic carbocycles. The summed E-state index contributed by atoms with van der Waals surface area (Å²) in [4.78, 5) is 25.4. The highest BCUT2D eigenvalue weighted by molar-refractivity contribution is 5.77. The van der Waals surface area contributed by atoms with Crippen LogP contribution in [0.15, 0.2) is 36.7 Å². The van der Waals surface area contributed by atoms with Crippen molar-refractivity contribution in [2.24, 2.45) is 5.41 Å². The molecule has 156 valence electrons. The number of hydrogen-bond acceptors (Lipinski definition) is 6. The predicted molar refractivity (Wildman–Crippen MR) is 113 cm³/mol. The second-order valence-electron chi connectivity index (χ2n) is 8.59. The van der Waals surface area contributed by atoms with Crippen LogP contribution in [0.3, 0.4) is 0 Å². The van der Waals surface area contributed by atoms with Crippen molar-refractivity contribution in [3.63, 3.8) is 0 Å². The maximum absolute atomic E-state index is 12.6. The highest BCUT2D eigenvalue weighted by Gasteiger charge is 2.30. The predicted octanol–water partition coefficient (Wildman–Crippen LogP) is 3.75. The Morgan fingerprint density at radius 3 is 2.55 bits per heavy atom. The van der Waals surface area contributed by atoms with Gasteiger partial charge in [0, 0.05) is 38.2 Å². The Kier molecular flexibility index (Phi) is 6.25. The molecule has 0 spiro atoms. The number of benzene rings is 1. The van der Waals surface area contributed by atoms with Gasteiger partial charge in [0.2, 0.25) is 11.8 Å². The summed E-state index contributed by atoms with van der Waals surface area (Å²) in [5, 5.41) is 0. The van der Waals surface area contributed by atoms with Crippen LogP contribution in [0.25, 0.3) is 0 Å². The first-order valence-electron chi connectivity index (χ1n) is 9.94. The van der Waals surface area contributed by atoms with E-state index in [0.29, 0.717) is 30.3 Å². The van der Waals surface area contributed by atoms with Crippen LogP contribution < -0.4 is 14.4 Å². The number of carbonyl (C=O) groups is 1. The van der Waals surface area contributed by atoms with E-state index in [0.717, 1.165) is 18.9 Å². The summed E-state index contributed by atoms with van der Waals surface area (Å²) in [6, 6.07) is 9.39. The summed E-state index contributed by atoms with van der Waals surface area (Å²) in [6.07, 6.45) is 2.06. The molecule has 0 aliphatic carbocycles. The second kappa shape index (κ2) is 8.68. The topological polar surface area (TPSA) is 67.8 Å². The van der Waals surface area contributed by atoms with Crippen LogP contribution in [-0.4, -0.2) is 53.6 Å². The lowest BCUT2D eigenvalue weighted by molar-refractivity contribution is -0.135. The van der Waals surface area contributed by atoms with Crippen LogP contribution >= 0.6 is 0 Å². The molecule has 2 heterocycles. The van der Waals surface area contributed by atoms with Gasteiger partial charge in [0.15, 0.2) is 11.5 Å². The molecule has 3 rings (SSSR count). The van der Waals surface area contributed by atoms with Crippen molar-refractivity contribution in [2.75, 3.05) is 31.6 Å². The van der Waals surface area contributed by atoms with Gasteiger partial charge in [0.25, 0.3) is 0 Å². The van der Waals surface area contributed by atoms with Crippen LogP contribution in [-0.2, 0) is 4.79 Å². The zero-order valence-electron chi connectivity index (χ0n) is 17.9. The van der Waals surface area contributed by atoms with E-state index >= 15 is 0 Å². The maximum atomic E-state index is 12.6. The fourth-order valence-electron chi connectivity index (χ4n) is 3.47. The maximum Gasteiger partial charge on any atom is 0.224 e. The summed E-state index contributed by atoms with van der Waals surface area (Å²) in [5.41, 5.74) is -0.00860. The SMILES string of the molecule is COc1ccccc1Oc1cc(N2CCN(C(=O)CC(C)(C)C)C(C)C2)ncn1. The van der Waals surface area contributed by atoms with Crippen molar-refractivity contribution < 1.29 is 14.3 Å². The Bertz CT molecular complexity index is 850. The molecule has 1 atom stereocenters. The van der Waals surface area contributed by atoms with Crippen molar-refractivity contribution in [1.29, 1.82) is 0 Å². The van der Waals surface area contributed by atoms with Gasteiger partial charge in [-0.3, -0.25) is 4.79 Å². The molecule has 7 nitrogen and oxygen atoms in total. The van der Waals surface area contributed by atoms with E-state index < -0.39 is 0 Å². The first-order valence-corrected chi connectivity index (χ1v) is 9.94. The summed E-state index contributed by atoms with van der Waals surface area (Å²) in [6.45, 7) is 10.5. The molecule has 0 N–H and O–H groups in total. The fraction of sp³-hybridized carbons (Fsp3) is 0.500. The normalized spacial score (nSPS) is 17.2. The third-order valence-corrected chi connectivity index (χ3v) is 4.86. The number of nitrogens with zero attached hydrogens (tertiary/aromatic N) is 4. The van der Waals surface area contributed by atoms with Gasteiger partial charge in [0.05, 0.1) is 7.11 Å². The van der Waals surface area contributed by atoms with Crippen LogP contribution in [0, 0.1) is 5.41 Å². The quantitative estimate of drug-likeness (QED) is 0.764. The van der Waals surface area contributed by atoms with Gasteiger partial charge < -0.3 is 19.3 Å². The van der Waals surface area contributed by atoms with E-state index in [1.54, 1.807) is 7.11 Å². The van der Waals surface area contributed by atoms with E-state index in [1.165, 1.54) is 6.33 Å². The molecule has 29 heavy (non-hydrogen) atoms. The van der Waals surface area contributed by atoms with Crippen molar-refractivity contribution in [3.8, 4) is 17.4 Å². The van der Waals surface area contributed by atoms with Crippen molar-refractivity contribution in [2.45, 2.75) is 40.2 Å². The van der Waals surface area contributed by atoms with Gasteiger partial charge in [-0.25, -0.2) is 9.97 Å². The Morgan fingerprint density at radius 1 is 1.17 bits per heavy atom. The highest BCUT2D eigenvalue weighted by Crippen LogP contribution is 2.31. The summed E-state index contributed by atoms with van der Waals surface area (Å²) >= 11 is 0. The van der Waals surface area contributed by atoms with Gasteiger partial charge in [-0.2, -0.15) is 0 Å². The standard InChI is InChI=1S/C22H30N4O3/c1-16-14-25(10-11-26(16)21(27)13-22(2,3)4)19-12-20(24-15-23-19)29-18-9-7-6-8-17(18)28-5/h6-9,12,15-16H,10-11,13-14H2,1-5H3. The number of methoxy groups -OCH3 is 1. The van der Waals surface area contributed by atoms with E-state index in [4.69, 9.17) is 9.47 Å². The molecule has 1 aliphatic heterocycles. The highest BCUT2D eigenvalue weighted by atomic mass is 16.5. The number of ether oxygens (including phenoxy) is 2. The van der Waals surface area contributed by atoms with E-state index in [1.807, 2.05) is 35.2 Å². The first kappa shape index (κ1) is 20.9. The molecule has 1 aliphatic rings. The van der Waals surface area contributed by atoms with Gasteiger partial charge in [-0.05, 0) is 24.5 Å². The van der Waals surface area contributed by atoms with Crippen molar-refractivity contribution in [1.82, 2.24) is 14.9 Å². The molecule has 0 saturated carbocycles. The average Bonchev–Trinajstić information content (AvgIpc) is 2.67. The molecule has 0 radical (unpaired) electrons. The monoisotopic (exact) mass is 398 g/mol. The third-order valence-electron chi connectivity index (χ3n) is 4.86. The minimum atomic E-state index is -0.00860. The van der Waals surface area contributed by atoms with Crippen molar-refractivity contribution in [3.05, 3.63) is 36.7 Å². The Morgan fingerprint density at radius 2 is 1.90 bits per heavy atom. The number of amides is 1. The van der Waals surface area contributed by atoms with Gasteiger partial charge >= 0.3 is 0 Å². The van der Waals surface area contributed by atoms with Gasteiger partial charge in [-0.1, -0.05) is 32.9 Å². The zero-order chi connectivity index (χ0) is 21.0. The van der Waals surface area contributed by atoms with Gasteiger partial charge in [0.1, 0.15) is 12.1 Å². The fourth-order valence-corrected chi connectivity index (χ4v) is 3.47. The third kappa shape index (κ3) is 5.37. The van der Waals surface area contributed by atoms with Crippen molar-refractivity contribution >= 4 is 11.7 Å². The average molecular weight is 399 g/mol. The van der Waals surface area contributed by atoms with Crippen LogP contribution in [0.4, 0.5) is 5.82 Å². The summed E-state index contributed by atoms with van der Waals surface area (Å²) < 4.78 is 11.2. The molecule has 1 amide bonds. The number of anilines is 1. The Balaban J connectivity index is 1.68. The Hall–Kier alpha value is -2.83. The van der Waals surface area contributed by atoms with Crippen LogP contribution in [0.2, 0.25) is 0 Å².